The van der Waals surface area contributed by atoms with Crippen LogP contribution in [0.5, 0.6) is 5.75 Å². The normalized spacial score (nSPS) is 13.9. The molecule has 0 bridgehead atoms. The van der Waals surface area contributed by atoms with Gasteiger partial charge >= 0.3 is 0 Å². The quantitative estimate of drug-likeness (QED) is 0.318. The molecule has 1 amide bonds. The molecule has 0 radical (unpaired) electrons. The summed E-state index contributed by atoms with van der Waals surface area (Å²) in [5.41, 5.74) is 2.05. The Labute approximate surface area is 248 Å². The van der Waals surface area contributed by atoms with Gasteiger partial charge in [0.25, 0.3) is 0 Å². The maximum absolute atomic E-state index is 12.8. The van der Waals surface area contributed by atoms with Crippen LogP contribution in [0.4, 0.5) is 29.0 Å². The van der Waals surface area contributed by atoms with Gasteiger partial charge in [-0.05, 0) is 65.2 Å². The summed E-state index contributed by atoms with van der Waals surface area (Å²) in [5, 5.41) is 5.62. The van der Waals surface area contributed by atoms with Crippen molar-refractivity contribution in [3.05, 3.63) is 48.8 Å². The predicted molar refractivity (Wildman–Crippen MR) is 165 cm³/mol. The van der Waals surface area contributed by atoms with E-state index in [0.717, 1.165) is 31.7 Å². The number of benzene rings is 2. The molecule has 2 aromatic carbocycles. The van der Waals surface area contributed by atoms with E-state index < -0.39 is 15.1 Å². The summed E-state index contributed by atoms with van der Waals surface area (Å²) < 4.78 is 31.3. The van der Waals surface area contributed by atoms with Gasteiger partial charge < -0.3 is 30.1 Å². The number of hydrogen-bond acceptors (Lipinski definition) is 11. The number of rotatable bonds is 12. The molecule has 3 aromatic rings. The molecule has 0 unspecified atom stereocenters. The highest BCUT2D eigenvalue weighted by molar-refractivity contribution is 7.92. The number of hydrogen-bond donors (Lipinski definition) is 2. The molecule has 1 saturated heterocycles. The lowest BCUT2D eigenvalue weighted by atomic mass is 10.2. The fourth-order valence-corrected chi connectivity index (χ4v) is 5.83. The molecule has 1 aliphatic rings. The lowest BCUT2D eigenvalue weighted by molar-refractivity contribution is -0.131. The van der Waals surface area contributed by atoms with Crippen LogP contribution < -0.4 is 20.3 Å². The Morgan fingerprint density at radius 3 is 2.31 bits per heavy atom. The van der Waals surface area contributed by atoms with Crippen molar-refractivity contribution < 1.29 is 17.9 Å². The molecular formula is C29H40N8O4S. The minimum atomic E-state index is -3.51. The average Bonchev–Trinajstić information content (AvgIpc) is 2.97. The SMILES string of the molecule is COc1cc(N2CCN(C(=O)CCCN(C)C)CC2)ccc1Nc1ncnc(Nc2ccccc2S(=O)(=O)C(C)C)n1. The highest BCUT2D eigenvalue weighted by atomic mass is 32.2. The number of ether oxygens (including phenoxy) is 1. The van der Waals surface area contributed by atoms with Crippen LogP contribution in [0.25, 0.3) is 0 Å². The molecule has 0 saturated carbocycles. The highest BCUT2D eigenvalue weighted by Crippen LogP contribution is 2.32. The van der Waals surface area contributed by atoms with E-state index in [9.17, 15) is 13.2 Å². The Balaban J connectivity index is 1.42. The zero-order valence-electron chi connectivity index (χ0n) is 24.9. The van der Waals surface area contributed by atoms with Crippen molar-refractivity contribution in [3.63, 3.8) is 0 Å². The topological polar surface area (TPSA) is 133 Å². The monoisotopic (exact) mass is 596 g/mol. The molecule has 1 aromatic heterocycles. The lowest BCUT2D eigenvalue weighted by Gasteiger charge is -2.36. The molecule has 0 spiro atoms. The summed E-state index contributed by atoms with van der Waals surface area (Å²) >= 11 is 0. The van der Waals surface area contributed by atoms with Crippen LogP contribution in [0.3, 0.4) is 0 Å². The maximum Gasteiger partial charge on any atom is 0.232 e. The lowest BCUT2D eigenvalue weighted by Crippen LogP contribution is -2.48. The van der Waals surface area contributed by atoms with E-state index in [-0.39, 0.29) is 22.7 Å². The van der Waals surface area contributed by atoms with Crippen LogP contribution in [0.2, 0.25) is 0 Å². The van der Waals surface area contributed by atoms with E-state index in [2.05, 4.69) is 35.4 Å². The Bertz CT molecular complexity index is 1470. The van der Waals surface area contributed by atoms with Gasteiger partial charge in [0, 0.05) is 44.4 Å². The van der Waals surface area contributed by atoms with Crippen molar-refractivity contribution in [2.45, 2.75) is 36.8 Å². The van der Waals surface area contributed by atoms with Crippen molar-refractivity contribution in [2.75, 3.05) is 69.5 Å². The van der Waals surface area contributed by atoms with Gasteiger partial charge in [0.05, 0.1) is 28.6 Å². The van der Waals surface area contributed by atoms with Crippen molar-refractivity contribution >= 4 is 44.7 Å². The van der Waals surface area contributed by atoms with Crippen LogP contribution in [0, 0.1) is 0 Å². The minimum absolute atomic E-state index is 0.182. The van der Waals surface area contributed by atoms with E-state index >= 15 is 0 Å². The largest absolute Gasteiger partial charge is 0.494 e. The summed E-state index contributed by atoms with van der Waals surface area (Å²) in [6.07, 6.45) is 2.79. The fourth-order valence-electron chi connectivity index (χ4n) is 4.63. The van der Waals surface area contributed by atoms with E-state index in [1.165, 1.54) is 6.33 Å². The molecule has 2 heterocycles. The molecular weight excluding hydrogens is 556 g/mol. The molecule has 4 rings (SSSR count). The fraction of sp³-hybridized carbons (Fsp3) is 0.448. The second-order valence-corrected chi connectivity index (χ2v) is 13.1. The van der Waals surface area contributed by atoms with Crippen molar-refractivity contribution in [1.82, 2.24) is 24.8 Å². The maximum atomic E-state index is 12.8. The molecule has 1 fully saturated rings. The third kappa shape index (κ3) is 7.65. The first-order valence-corrected chi connectivity index (χ1v) is 15.5. The van der Waals surface area contributed by atoms with Crippen molar-refractivity contribution in [3.8, 4) is 5.75 Å². The number of amides is 1. The summed E-state index contributed by atoms with van der Waals surface area (Å²) in [6.45, 7) is 7.05. The molecule has 0 aliphatic carbocycles. The van der Waals surface area contributed by atoms with Gasteiger partial charge in [-0.25, -0.2) is 18.4 Å². The number of nitrogens with zero attached hydrogens (tertiary/aromatic N) is 6. The molecule has 226 valence electrons. The second kappa shape index (κ2) is 13.8. The number of methoxy groups -OCH3 is 1. The molecule has 13 heteroatoms. The van der Waals surface area contributed by atoms with Crippen molar-refractivity contribution in [1.29, 1.82) is 0 Å². The smallest absolute Gasteiger partial charge is 0.232 e. The van der Waals surface area contributed by atoms with Gasteiger partial charge in [-0.1, -0.05) is 12.1 Å². The Kier molecular flexibility index (Phi) is 10.2. The summed E-state index contributed by atoms with van der Waals surface area (Å²) in [7, 11) is 2.12. The molecule has 12 nitrogen and oxygen atoms in total. The summed E-state index contributed by atoms with van der Waals surface area (Å²) in [4.78, 5) is 31.8. The van der Waals surface area contributed by atoms with Gasteiger partial charge in [-0.3, -0.25) is 4.79 Å². The van der Waals surface area contributed by atoms with Crippen LogP contribution in [0.15, 0.2) is 53.7 Å². The second-order valence-electron chi connectivity index (χ2n) is 10.6. The number of anilines is 5. The third-order valence-corrected chi connectivity index (χ3v) is 9.27. The van der Waals surface area contributed by atoms with Gasteiger partial charge in [0.15, 0.2) is 9.84 Å². The first-order valence-electron chi connectivity index (χ1n) is 14.0. The number of nitrogens with one attached hydrogen (secondary N) is 2. The zero-order valence-corrected chi connectivity index (χ0v) is 25.7. The van der Waals surface area contributed by atoms with E-state index in [4.69, 9.17) is 4.74 Å². The van der Waals surface area contributed by atoms with Gasteiger partial charge in [-0.2, -0.15) is 4.98 Å². The predicted octanol–water partition coefficient (Wildman–Crippen LogP) is 3.54. The molecule has 0 atom stereocenters. The standard InChI is InChI=1S/C29H40N8O4S/c1-21(2)42(39,40)26-10-7-6-9-24(26)33-29-31-20-30-28(34-29)32-23-13-12-22(19-25(23)41-5)36-15-17-37(18-16-36)27(38)11-8-14-35(3)4/h6-7,9-10,12-13,19-21H,8,11,14-18H2,1-5H3,(H2,30,31,32,33,34). The van der Waals surface area contributed by atoms with Gasteiger partial charge in [0.1, 0.15) is 12.1 Å². The number of aromatic nitrogens is 3. The molecule has 42 heavy (non-hydrogen) atoms. The number of sulfone groups is 1. The summed E-state index contributed by atoms with van der Waals surface area (Å²) in [6, 6.07) is 12.5. The van der Waals surface area contributed by atoms with Crippen LogP contribution in [-0.4, -0.2) is 98.3 Å². The number of carbonyl (C=O) groups excluding carboxylic acids is 1. The Morgan fingerprint density at radius 2 is 1.67 bits per heavy atom. The molecule has 1 aliphatic heterocycles. The van der Waals surface area contributed by atoms with Crippen LogP contribution >= 0.6 is 0 Å². The van der Waals surface area contributed by atoms with E-state index in [0.29, 0.717) is 36.6 Å². The van der Waals surface area contributed by atoms with Gasteiger partial charge in [0.2, 0.25) is 17.8 Å². The highest BCUT2D eigenvalue weighted by Gasteiger charge is 2.24. The first-order chi connectivity index (χ1) is 20.1. The first kappa shape index (κ1) is 31.0. The number of carbonyl (C=O) groups is 1. The number of para-hydroxylation sites is 1. The van der Waals surface area contributed by atoms with Gasteiger partial charge in [-0.15, -0.1) is 0 Å². The van der Waals surface area contributed by atoms with E-state index in [1.807, 2.05) is 37.2 Å². The number of piperazine rings is 1. The van der Waals surface area contributed by atoms with Crippen LogP contribution in [0.1, 0.15) is 26.7 Å². The Hall–Kier alpha value is -3.97. The summed E-state index contributed by atoms with van der Waals surface area (Å²) in [5.74, 6) is 1.29. The average molecular weight is 597 g/mol. The Morgan fingerprint density at radius 1 is 1.00 bits per heavy atom. The third-order valence-electron chi connectivity index (χ3n) is 7.06. The van der Waals surface area contributed by atoms with Crippen molar-refractivity contribution in [2.24, 2.45) is 0 Å². The van der Waals surface area contributed by atoms with E-state index in [1.54, 1.807) is 45.2 Å². The van der Waals surface area contributed by atoms with Crippen LogP contribution in [-0.2, 0) is 14.6 Å². The zero-order chi connectivity index (χ0) is 30.3. The molecule has 2 N–H and O–H groups in total. The minimum Gasteiger partial charge on any atom is -0.494 e.